The average molecular weight is 239 g/mol. The van der Waals surface area contributed by atoms with Crippen LogP contribution in [0.5, 0.6) is 0 Å². The van der Waals surface area contributed by atoms with Crippen LogP contribution in [0.25, 0.3) is 22.3 Å². The first-order valence-corrected chi connectivity index (χ1v) is 6.20. The Morgan fingerprint density at radius 2 is 1.72 bits per heavy atom. The normalized spacial score (nSPS) is 9.94. The fraction of sp³-hybridized carbons (Fsp3) is 0.200. The van der Waals surface area contributed by atoms with Crippen LogP contribution in [0.1, 0.15) is 19.5 Å². The molecule has 0 aliphatic carbocycles. The zero-order chi connectivity index (χ0) is 13.0. The second kappa shape index (κ2) is 5.45. The third kappa shape index (κ3) is 2.25. The van der Waals surface area contributed by atoms with E-state index in [1.54, 1.807) is 6.33 Å². The molecular formula is C15H17N3. The zero-order valence-electron chi connectivity index (χ0n) is 10.9. The molecule has 0 atom stereocenters. The van der Waals surface area contributed by atoms with E-state index in [1.807, 2.05) is 39.0 Å². The molecule has 0 radical (unpaired) electrons. The molecule has 0 fully saturated rings. The minimum absolute atomic E-state index is 0.895. The highest BCUT2D eigenvalue weighted by atomic mass is 14.9. The number of nitrogens with zero attached hydrogens (tertiary/aromatic N) is 2. The summed E-state index contributed by atoms with van der Waals surface area (Å²) in [7, 11) is 0. The number of rotatable bonds is 1. The Morgan fingerprint density at radius 1 is 1.00 bits per heavy atom. The molecule has 0 saturated carbocycles. The highest BCUT2D eigenvalue weighted by molar-refractivity contribution is 5.84. The molecule has 0 aliphatic rings. The summed E-state index contributed by atoms with van der Waals surface area (Å²) in [5.74, 6) is 0. The SMILES string of the molecule is CC.Cc1ncnc2[nH]c(-c3ccccc3)cc12. The molecule has 92 valence electrons. The number of hydrogen-bond acceptors (Lipinski definition) is 2. The van der Waals surface area contributed by atoms with E-state index in [9.17, 15) is 0 Å². The van der Waals surface area contributed by atoms with Crippen LogP contribution in [0.4, 0.5) is 0 Å². The van der Waals surface area contributed by atoms with Crippen molar-refractivity contribution in [2.75, 3.05) is 0 Å². The second-order valence-electron chi connectivity index (χ2n) is 3.77. The number of fused-ring (bicyclic) bond motifs is 1. The van der Waals surface area contributed by atoms with Gasteiger partial charge in [-0.1, -0.05) is 44.2 Å². The number of benzene rings is 1. The number of hydrogen-bond donors (Lipinski definition) is 1. The van der Waals surface area contributed by atoms with Gasteiger partial charge in [-0.05, 0) is 18.6 Å². The third-order valence-electron chi connectivity index (χ3n) is 2.71. The number of aromatic nitrogens is 3. The lowest BCUT2D eigenvalue weighted by atomic mass is 10.1. The molecule has 1 aromatic carbocycles. The summed E-state index contributed by atoms with van der Waals surface area (Å²) in [5.41, 5.74) is 4.15. The highest BCUT2D eigenvalue weighted by Crippen LogP contribution is 2.23. The molecule has 3 heteroatoms. The smallest absolute Gasteiger partial charge is 0.141 e. The van der Waals surface area contributed by atoms with Crippen LogP contribution in [-0.2, 0) is 0 Å². The van der Waals surface area contributed by atoms with Crippen molar-refractivity contribution in [3.63, 3.8) is 0 Å². The van der Waals surface area contributed by atoms with Gasteiger partial charge in [-0.2, -0.15) is 0 Å². The van der Waals surface area contributed by atoms with Crippen LogP contribution < -0.4 is 0 Å². The first kappa shape index (κ1) is 12.3. The first-order chi connectivity index (χ1) is 8.84. The molecule has 3 nitrogen and oxygen atoms in total. The van der Waals surface area contributed by atoms with Crippen LogP contribution in [0.2, 0.25) is 0 Å². The maximum atomic E-state index is 4.22. The second-order valence-corrected chi connectivity index (χ2v) is 3.77. The Kier molecular flexibility index (Phi) is 3.72. The molecule has 0 unspecified atom stereocenters. The maximum Gasteiger partial charge on any atom is 0.141 e. The van der Waals surface area contributed by atoms with Gasteiger partial charge in [0.2, 0.25) is 0 Å². The van der Waals surface area contributed by atoms with Gasteiger partial charge in [0, 0.05) is 11.1 Å². The number of aromatic amines is 1. The summed E-state index contributed by atoms with van der Waals surface area (Å²) in [6, 6.07) is 12.3. The molecule has 2 aromatic heterocycles. The number of H-pyrrole nitrogens is 1. The molecule has 0 bridgehead atoms. The minimum Gasteiger partial charge on any atom is -0.339 e. The summed E-state index contributed by atoms with van der Waals surface area (Å²) in [6.45, 7) is 5.99. The molecule has 18 heavy (non-hydrogen) atoms. The molecule has 3 aromatic rings. The van der Waals surface area contributed by atoms with E-state index < -0.39 is 0 Å². The van der Waals surface area contributed by atoms with E-state index in [2.05, 4.69) is 33.2 Å². The van der Waals surface area contributed by atoms with Crippen molar-refractivity contribution in [1.29, 1.82) is 0 Å². The lowest BCUT2D eigenvalue weighted by Crippen LogP contribution is -1.83. The summed E-state index contributed by atoms with van der Waals surface area (Å²) in [4.78, 5) is 11.7. The summed E-state index contributed by atoms with van der Waals surface area (Å²) >= 11 is 0. The lowest BCUT2D eigenvalue weighted by molar-refractivity contribution is 1.14. The fourth-order valence-corrected chi connectivity index (χ4v) is 1.84. The van der Waals surface area contributed by atoms with Gasteiger partial charge in [-0.15, -0.1) is 0 Å². The first-order valence-electron chi connectivity index (χ1n) is 6.20. The van der Waals surface area contributed by atoms with Gasteiger partial charge in [-0.25, -0.2) is 9.97 Å². The Morgan fingerprint density at radius 3 is 2.39 bits per heavy atom. The van der Waals surface area contributed by atoms with Crippen LogP contribution in [0.3, 0.4) is 0 Å². The average Bonchev–Trinajstić information content (AvgIpc) is 2.88. The number of nitrogens with one attached hydrogen (secondary N) is 1. The molecule has 1 N–H and O–H groups in total. The van der Waals surface area contributed by atoms with E-state index in [0.29, 0.717) is 0 Å². The highest BCUT2D eigenvalue weighted by Gasteiger charge is 2.05. The van der Waals surface area contributed by atoms with Crippen molar-refractivity contribution in [2.45, 2.75) is 20.8 Å². The number of aryl methyl sites for hydroxylation is 1. The van der Waals surface area contributed by atoms with E-state index in [-0.39, 0.29) is 0 Å². The predicted octanol–water partition coefficient (Wildman–Crippen LogP) is 3.96. The van der Waals surface area contributed by atoms with E-state index in [1.165, 1.54) is 5.56 Å². The van der Waals surface area contributed by atoms with Crippen molar-refractivity contribution < 1.29 is 0 Å². The van der Waals surface area contributed by atoms with Gasteiger partial charge < -0.3 is 4.98 Å². The molecule has 0 amide bonds. The largest absolute Gasteiger partial charge is 0.339 e. The van der Waals surface area contributed by atoms with Crippen LogP contribution in [0, 0.1) is 6.92 Å². The Balaban J connectivity index is 0.000000574. The Labute approximate surface area is 107 Å². The molecular weight excluding hydrogens is 222 g/mol. The summed E-state index contributed by atoms with van der Waals surface area (Å²) < 4.78 is 0. The van der Waals surface area contributed by atoms with E-state index in [0.717, 1.165) is 22.4 Å². The summed E-state index contributed by atoms with van der Waals surface area (Å²) in [6.07, 6.45) is 1.59. The molecule has 0 saturated heterocycles. The van der Waals surface area contributed by atoms with Crippen LogP contribution in [0.15, 0.2) is 42.7 Å². The predicted molar refractivity (Wildman–Crippen MR) is 75.4 cm³/mol. The standard InChI is InChI=1S/C13H11N3.C2H6/c1-9-11-7-12(10-5-3-2-4-6-10)16-13(11)15-8-14-9;1-2/h2-8H,1H3,(H,14,15,16);1-2H3. The van der Waals surface area contributed by atoms with Crippen molar-refractivity contribution in [3.05, 3.63) is 48.4 Å². The van der Waals surface area contributed by atoms with Crippen LogP contribution in [-0.4, -0.2) is 15.0 Å². The fourth-order valence-electron chi connectivity index (χ4n) is 1.84. The van der Waals surface area contributed by atoms with Crippen molar-refractivity contribution >= 4 is 11.0 Å². The molecule has 2 heterocycles. The maximum absolute atomic E-state index is 4.22. The van der Waals surface area contributed by atoms with Gasteiger partial charge >= 0.3 is 0 Å². The molecule has 0 spiro atoms. The lowest BCUT2D eigenvalue weighted by Gasteiger charge is -1.94. The van der Waals surface area contributed by atoms with Gasteiger partial charge in [-0.3, -0.25) is 0 Å². The topological polar surface area (TPSA) is 41.6 Å². The van der Waals surface area contributed by atoms with Crippen molar-refractivity contribution in [1.82, 2.24) is 15.0 Å². The van der Waals surface area contributed by atoms with Gasteiger partial charge in [0.25, 0.3) is 0 Å². The van der Waals surface area contributed by atoms with Gasteiger partial charge in [0.05, 0.1) is 5.69 Å². The Hall–Kier alpha value is -2.16. The van der Waals surface area contributed by atoms with Gasteiger partial charge in [0.1, 0.15) is 12.0 Å². The molecule has 0 aliphatic heterocycles. The van der Waals surface area contributed by atoms with Crippen molar-refractivity contribution in [3.8, 4) is 11.3 Å². The van der Waals surface area contributed by atoms with E-state index in [4.69, 9.17) is 0 Å². The minimum atomic E-state index is 0.895. The third-order valence-corrected chi connectivity index (χ3v) is 2.71. The van der Waals surface area contributed by atoms with Crippen LogP contribution >= 0.6 is 0 Å². The molecule has 3 rings (SSSR count). The Bertz CT molecular complexity index is 627. The van der Waals surface area contributed by atoms with Crippen molar-refractivity contribution in [2.24, 2.45) is 0 Å². The quantitative estimate of drug-likeness (QED) is 0.698. The monoisotopic (exact) mass is 239 g/mol. The van der Waals surface area contributed by atoms with Gasteiger partial charge in [0.15, 0.2) is 0 Å². The summed E-state index contributed by atoms with van der Waals surface area (Å²) in [5, 5.41) is 1.08. The van der Waals surface area contributed by atoms with E-state index >= 15 is 0 Å². The zero-order valence-corrected chi connectivity index (χ0v) is 10.9.